The molecule has 0 radical (unpaired) electrons. The molecule has 0 fully saturated rings. The smallest absolute Gasteiger partial charge is 0.321 e. The van der Waals surface area contributed by atoms with Gasteiger partial charge in [-0.2, -0.15) is 23.5 Å². The van der Waals surface area contributed by atoms with Crippen molar-refractivity contribution >= 4 is 51.4 Å². The number of terminal acetylenes is 2. The molecule has 0 spiro atoms. The highest BCUT2D eigenvalue weighted by Crippen LogP contribution is 2.12. The fourth-order valence-corrected chi connectivity index (χ4v) is 4.90. The van der Waals surface area contributed by atoms with Gasteiger partial charge in [0.05, 0.1) is 23.3 Å². The first-order valence-electron chi connectivity index (χ1n) is 12.6. The Morgan fingerprint density at radius 3 is 1.77 bits per heavy atom. The molecule has 0 aliphatic heterocycles. The predicted octanol–water partition coefficient (Wildman–Crippen LogP) is 2.42. The number of thioether (sulfide) groups is 2. The number of hydrogen-bond donors (Lipinski definition) is 6. The first-order chi connectivity index (χ1) is 20.3. The van der Waals surface area contributed by atoms with Crippen LogP contribution in [0.15, 0.2) is 34.1 Å². The van der Waals surface area contributed by atoms with Crippen LogP contribution in [0.1, 0.15) is 21.7 Å². The van der Waals surface area contributed by atoms with E-state index >= 15 is 0 Å². The van der Waals surface area contributed by atoms with Gasteiger partial charge in [-0.15, -0.1) is 12.8 Å². The molecule has 2 heterocycles. The minimum absolute atomic E-state index is 0. The maximum Gasteiger partial charge on any atom is 0.321 e. The van der Waals surface area contributed by atoms with E-state index in [2.05, 4.69) is 33.1 Å². The molecule has 2 aromatic heterocycles. The molecule has 7 N–H and O–H groups in total. The van der Waals surface area contributed by atoms with E-state index in [4.69, 9.17) is 28.8 Å². The molecule has 0 unspecified atom stereocenters. The van der Waals surface area contributed by atoms with Gasteiger partial charge in [0.2, 0.25) is 10.9 Å². The van der Waals surface area contributed by atoms with Crippen molar-refractivity contribution in [2.45, 2.75) is 46.4 Å². The number of nitrogens with one attached hydrogen (secondary N) is 1. The third kappa shape index (κ3) is 16.5. The summed E-state index contributed by atoms with van der Waals surface area (Å²) < 4.78 is 3.50. The molecule has 0 saturated carbocycles. The molecule has 2 aromatic rings. The predicted molar refractivity (Wildman–Crippen MR) is 186 cm³/mol. The molecule has 0 saturated heterocycles. The molecule has 248 valence electrons. The Labute approximate surface area is 277 Å². The quantitative estimate of drug-likeness (QED) is 0.0948. The second-order valence-electron chi connectivity index (χ2n) is 8.52. The average molecular weight is 723 g/mol. The molecule has 44 heavy (non-hydrogen) atoms. The van der Waals surface area contributed by atoms with E-state index in [1.54, 1.807) is 35.4 Å². The van der Waals surface area contributed by atoms with Gasteiger partial charge in [0.1, 0.15) is 12.1 Å². The van der Waals surface area contributed by atoms with Crippen molar-refractivity contribution in [2.75, 3.05) is 34.9 Å². The Kier molecular flexibility index (Phi) is 23.4. The molecule has 0 bridgehead atoms. The second-order valence-corrected chi connectivity index (χ2v) is 11.4. The van der Waals surface area contributed by atoms with Gasteiger partial charge in [-0.25, -0.2) is 0 Å². The van der Waals surface area contributed by atoms with Crippen molar-refractivity contribution in [1.82, 2.24) is 14.5 Å². The molecule has 2 atom stereocenters. The van der Waals surface area contributed by atoms with Crippen LogP contribution in [0.3, 0.4) is 0 Å². The summed E-state index contributed by atoms with van der Waals surface area (Å²) in [6.45, 7) is 4.69. The summed E-state index contributed by atoms with van der Waals surface area (Å²) in [6, 6.07) is 1.06. The lowest BCUT2D eigenvalue weighted by molar-refractivity contribution is -0.139. The maximum atomic E-state index is 11.2. The largest absolute Gasteiger partial charge is 0.503 e. The van der Waals surface area contributed by atoms with Crippen molar-refractivity contribution in [2.24, 2.45) is 5.73 Å². The number of carbonyl (C=O) groups is 2. The molecular weight excluding hydrogens is 676 g/mol. The minimum Gasteiger partial charge on any atom is -0.503 e. The van der Waals surface area contributed by atoms with E-state index < -0.39 is 34.9 Å². The molecule has 2 rings (SSSR count). The van der Waals surface area contributed by atoms with E-state index in [1.165, 1.54) is 35.7 Å². The normalized spacial score (nSPS) is 11.1. The topological polar surface area (TPSA) is 197 Å². The van der Waals surface area contributed by atoms with E-state index in [0.29, 0.717) is 52.8 Å². The fraction of sp³-hybridized carbons (Fsp3) is 0.448. The third-order valence-electron chi connectivity index (χ3n) is 5.50. The van der Waals surface area contributed by atoms with Crippen LogP contribution in [0.2, 0.25) is 0 Å². The zero-order chi connectivity index (χ0) is 32.9. The molecule has 0 aromatic carbocycles. The van der Waals surface area contributed by atoms with E-state index in [1.807, 2.05) is 0 Å². The molecule has 12 nitrogen and oxygen atoms in total. The molecular formula is C29H45BrN4O8S2. The number of pyridine rings is 2. The van der Waals surface area contributed by atoms with Crippen molar-refractivity contribution < 1.29 is 32.9 Å². The van der Waals surface area contributed by atoms with Crippen LogP contribution in [-0.4, -0.2) is 88.5 Å². The lowest BCUT2D eigenvalue weighted by Crippen LogP contribution is -2.39. The summed E-state index contributed by atoms with van der Waals surface area (Å²) in [5.74, 6) is 4.29. The minimum atomic E-state index is -1.01. The number of nitrogens with zero attached hydrogens (tertiary/aromatic N) is 2. The molecule has 0 aliphatic carbocycles. The first-order valence-corrected chi connectivity index (χ1v) is 16.1. The van der Waals surface area contributed by atoms with Gasteiger partial charge in [-0.1, -0.05) is 35.2 Å². The number of nitrogens with two attached hydrogens (primary N) is 1. The van der Waals surface area contributed by atoms with E-state index in [0.717, 1.165) is 0 Å². The van der Waals surface area contributed by atoms with Gasteiger partial charge >= 0.3 is 11.9 Å². The summed E-state index contributed by atoms with van der Waals surface area (Å²) in [4.78, 5) is 43.8. The number of halogens is 1. The summed E-state index contributed by atoms with van der Waals surface area (Å²) >= 11 is 5.89. The van der Waals surface area contributed by atoms with Crippen LogP contribution in [0.25, 0.3) is 0 Å². The third-order valence-corrected chi connectivity index (χ3v) is 7.93. The molecule has 0 amide bonds. The lowest BCUT2D eigenvalue weighted by atomic mass is 10.3. The Morgan fingerprint density at radius 1 is 0.977 bits per heavy atom. The highest BCUT2D eigenvalue weighted by atomic mass is 79.9. The van der Waals surface area contributed by atoms with Gasteiger partial charge in [0.25, 0.3) is 0 Å². The number of aromatic nitrogens is 2. The average Bonchev–Trinajstić information content (AvgIpc) is 2.98. The lowest BCUT2D eigenvalue weighted by Gasteiger charge is -2.14. The maximum absolute atomic E-state index is 11.2. The Bertz CT molecular complexity index is 1400. The van der Waals surface area contributed by atoms with Crippen LogP contribution >= 0.6 is 39.5 Å². The number of alkyl halides is 1. The van der Waals surface area contributed by atoms with Gasteiger partial charge < -0.3 is 35.3 Å². The molecule has 0 aliphatic rings. The summed E-state index contributed by atoms with van der Waals surface area (Å²) in [5, 5.41) is 40.0. The SMILES string of the molecule is C.C#CCBr.C#CCN[C@H](CSCCn1ccc(=O)c(O)c1C)C(=O)O.Cc1c(O)c(=O)ccn1CCSC[C@@H](N)C(=O)O.[2HH].[HH]. The molecule has 15 heteroatoms. The van der Waals surface area contributed by atoms with Crippen molar-refractivity contribution in [1.29, 1.82) is 0 Å². The summed E-state index contributed by atoms with van der Waals surface area (Å²) in [6.07, 6.45) is 13.0. The van der Waals surface area contributed by atoms with Gasteiger partial charge in [-0.3, -0.25) is 24.5 Å². The van der Waals surface area contributed by atoms with E-state index in [9.17, 15) is 29.4 Å². The van der Waals surface area contributed by atoms with Crippen LogP contribution < -0.4 is 21.9 Å². The number of aromatic hydroxyl groups is 2. The van der Waals surface area contributed by atoms with Crippen LogP contribution in [-0.2, 0) is 22.7 Å². The second kappa shape index (κ2) is 24.0. The van der Waals surface area contributed by atoms with Gasteiger partial charge in [0.15, 0.2) is 11.5 Å². The number of carboxylic acids is 2. The van der Waals surface area contributed by atoms with Crippen molar-refractivity contribution in [3.8, 4) is 36.2 Å². The van der Waals surface area contributed by atoms with Crippen LogP contribution in [0.5, 0.6) is 11.5 Å². The van der Waals surface area contributed by atoms with Crippen molar-refractivity contribution in [3.63, 3.8) is 0 Å². The summed E-state index contributed by atoms with van der Waals surface area (Å²) in [7, 11) is 0. The van der Waals surface area contributed by atoms with Crippen molar-refractivity contribution in [3.05, 3.63) is 56.4 Å². The fourth-order valence-electron chi connectivity index (χ4n) is 3.02. The highest BCUT2D eigenvalue weighted by molar-refractivity contribution is 9.09. The number of carboxylic acid groups (broad SMARTS) is 2. The van der Waals surface area contributed by atoms with E-state index in [-0.39, 0.29) is 28.3 Å². The van der Waals surface area contributed by atoms with Crippen LogP contribution in [0, 0.1) is 38.5 Å². The standard InChI is InChI=1S/C14H18N2O4S.C11H16N2O4S.C3H3Br.CH4.2H2/c1-3-5-15-11(14(19)20)9-21-8-7-16-6-4-12(17)13(18)10(16)2;1-7-10(15)9(14)2-3-13(7)4-5-18-6-8(12)11(16)17;1-2-3-4;;;/h1,4,6,11,15,18H,5,7-9H2,2H3,(H,19,20);2-3,8,15H,4-6,12H2,1H3,(H,16,17);1H,3H2;1H4;2*1H/t11-;8-;;;;/m11..../s1/i;;;;1+1;. The number of hydrogen-bond acceptors (Lipinski definition) is 10. The number of aryl methyl sites for hydroxylation is 2. The van der Waals surface area contributed by atoms with Gasteiger partial charge in [-0.05, 0) is 13.8 Å². The first kappa shape index (κ1) is 42.8. The van der Waals surface area contributed by atoms with Crippen LogP contribution in [0.4, 0.5) is 0 Å². The van der Waals surface area contributed by atoms with Gasteiger partial charge in [0, 0.05) is 63.5 Å². The number of aliphatic carboxylic acids is 2. The zero-order valence-corrected chi connectivity index (χ0v) is 27.1. The Morgan fingerprint density at radius 2 is 1.41 bits per heavy atom. The monoisotopic (exact) mass is 721 g/mol. The number of rotatable bonds is 14. The Balaban J connectivity index is -0.000000326. The summed E-state index contributed by atoms with van der Waals surface area (Å²) in [5.41, 5.74) is 5.57. The highest BCUT2D eigenvalue weighted by Gasteiger charge is 2.16. The Hall–Kier alpha value is -3.34. The zero-order valence-electron chi connectivity index (χ0n) is 23.9.